The van der Waals surface area contributed by atoms with Crippen molar-refractivity contribution < 1.29 is 8.78 Å². The third-order valence-corrected chi connectivity index (χ3v) is 3.54. The van der Waals surface area contributed by atoms with E-state index in [1.807, 2.05) is 0 Å². The number of hydrogen-bond donors (Lipinski definition) is 1. The van der Waals surface area contributed by atoms with Crippen LogP contribution in [0.1, 0.15) is 38.7 Å². The zero-order chi connectivity index (χ0) is 12.0. The summed E-state index contributed by atoms with van der Waals surface area (Å²) in [6.45, 7) is 4.31. The second-order valence-electron chi connectivity index (χ2n) is 5.63. The molecule has 0 aliphatic heterocycles. The minimum absolute atomic E-state index is 0.180. The minimum Gasteiger partial charge on any atom is -0.321 e. The van der Waals surface area contributed by atoms with Crippen LogP contribution in [0.4, 0.5) is 8.78 Å². The first-order chi connectivity index (χ1) is 7.32. The van der Waals surface area contributed by atoms with Crippen LogP contribution in [0.5, 0.6) is 0 Å². The molecule has 3 heteroatoms. The molecule has 1 aromatic carbocycles. The molecule has 1 aliphatic rings. The van der Waals surface area contributed by atoms with Gasteiger partial charge in [-0.1, -0.05) is 19.9 Å². The van der Waals surface area contributed by atoms with Crippen molar-refractivity contribution in [2.24, 2.45) is 11.1 Å². The van der Waals surface area contributed by atoms with E-state index in [9.17, 15) is 8.78 Å². The lowest BCUT2D eigenvalue weighted by Gasteiger charge is -2.27. The average Bonchev–Trinajstić information content (AvgIpc) is 2.47. The molecule has 1 aromatic rings. The van der Waals surface area contributed by atoms with Crippen molar-refractivity contribution in [2.45, 2.75) is 38.6 Å². The maximum Gasteiger partial charge on any atom is 0.159 e. The molecule has 0 radical (unpaired) electrons. The Bertz CT molecular complexity index is 414. The van der Waals surface area contributed by atoms with Crippen LogP contribution >= 0.6 is 0 Å². The zero-order valence-electron chi connectivity index (χ0n) is 9.69. The SMILES string of the molecule is CC1(C)CCC(N)(c2ccc(F)c(F)c2)C1. The van der Waals surface area contributed by atoms with Gasteiger partial charge < -0.3 is 5.73 Å². The van der Waals surface area contributed by atoms with Crippen LogP contribution in [-0.4, -0.2) is 0 Å². The third kappa shape index (κ3) is 1.96. The number of halogens is 2. The molecular weight excluding hydrogens is 208 g/mol. The molecule has 0 amide bonds. The average molecular weight is 225 g/mol. The summed E-state index contributed by atoms with van der Waals surface area (Å²) in [6, 6.07) is 3.99. The predicted molar refractivity (Wildman–Crippen MR) is 59.9 cm³/mol. The number of nitrogens with two attached hydrogens (primary N) is 1. The molecule has 2 N–H and O–H groups in total. The minimum atomic E-state index is -0.815. The maximum atomic E-state index is 13.2. The van der Waals surface area contributed by atoms with E-state index in [1.165, 1.54) is 6.07 Å². The number of benzene rings is 1. The van der Waals surface area contributed by atoms with Gasteiger partial charge in [0.1, 0.15) is 0 Å². The zero-order valence-corrected chi connectivity index (χ0v) is 9.69. The Kier molecular flexibility index (Phi) is 2.54. The van der Waals surface area contributed by atoms with E-state index in [-0.39, 0.29) is 5.41 Å². The summed E-state index contributed by atoms with van der Waals surface area (Å²) in [5.74, 6) is -1.63. The van der Waals surface area contributed by atoms with Gasteiger partial charge in [0, 0.05) is 5.54 Å². The smallest absolute Gasteiger partial charge is 0.159 e. The molecule has 2 rings (SSSR count). The first-order valence-electron chi connectivity index (χ1n) is 5.57. The van der Waals surface area contributed by atoms with Gasteiger partial charge in [-0.3, -0.25) is 0 Å². The van der Waals surface area contributed by atoms with Gasteiger partial charge in [0.15, 0.2) is 11.6 Å². The van der Waals surface area contributed by atoms with Crippen molar-refractivity contribution in [3.63, 3.8) is 0 Å². The fourth-order valence-corrected chi connectivity index (χ4v) is 2.64. The Balaban J connectivity index is 2.34. The molecule has 1 atom stereocenters. The van der Waals surface area contributed by atoms with Gasteiger partial charge in [-0.05, 0) is 42.4 Å². The molecule has 1 unspecified atom stereocenters. The molecule has 0 heterocycles. The van der Waals surface area contributed by atoms with E-state index in [0.29, 0.717) is 5.56 Å². The molecule has 0 saturated heterocycles. The summed E-state index contributed by atoms with van der Waals surface area (Å²) in [7, 11) is 0. The van der Waals surface area contributed by atoms with Crippen LogP contribution in [0.2, 0.25) is 0 Å². The van der Waals surface area contributed by atoms with E-state index in [0.717, 1.165) is 25.3 Å². The second-order valence-corrected chi connectivity index (χ2v) is 5.63. The first kappa shape index (κ1) is 11.5. The predicted octanol–water partition coefficient (Wildman–Crippen LogP) is 3.33. The van der Waals surface area contributed by atoms with Crippen LogP contribution in [0, 0.1) is 17.0 Å². The second kappa shape index (κ2) is 3.52. The summed E-state index contributed by atoms with van der Waals surface area (Å²) in [5.41, 5.74) is 6.67. The molecule has 0 bridgehead atoms. The molecule has 1 saturated carbocycles. The maximum absolute atomic E-state index is 13.2. The molecule has 0 aromatic heterocycles. The van der Waals surface area contributed by atoms with Gasteiger partial charge in [0.25, 0.3) is 0 Å². The normalized spacial score (nSPS) is 28.3. The Morgan fingerprint density at radius 1 is 1.12 bits per heavy atom. The summed E-state index contributed by atoms with van der Waals surface area (Å²) in [5, 5.41) is 0. The summed E-state index contributed by atoms with van der Waals surface area (Å²) >= 11 is 0. The van der Waals surface area contributed by atoms with Crippen LogP contribution in [0.25, 0.3) is 0 Å². The van der Waals surface area contributed by atoms with Gasteiger partial charge in [-0.2, -0.15) is 0 Å². The van der Waals surface area contributed by atoms with Crippen molar-refractivity contribution in [1.29, 1.82) is 0 Å². The summed E-state index contributed by atoms with van der Waals surface area (Å²) in [6.07, 6.45) is 2.65. The standard InChI is InChI=1S/C13H17F2N/c1-12(2)5-6-13(16,8-12)9-3-4-10(14)11(15)7-9/h3-4,7H,5-6,8,16H2,1-2H3. The summed E-state index contributed by atoms with van der Waals surface area (Å²) < 4.78 is 26.0. The van der Waals surface area contributed by atoms with Gasteiger partial charge >= 0.3 is 0 Å². The van der Waals surface area contributed by atoms with Crippen LogP contribution in [0.3, 0.4) is 0 Å². The van der Waals surface area contributed by atoms with Crippen LogP contribution in [-0.2, 0) is 5.54 Å². The lowest BCUT2D eigenvalue weighted by atomic mass is 9.84. The lowest BCUT2D eigenvalue weighted by molar-refractivity contribution is 0.338. The van der Waals surface area contributed by atoms with Crippen LogP contribution in [0.15, 0.2) is 18.2 Å². The largest absolute Gasteiger partial charge is 0.321 e. The highest BCUT2D eigenvalue weighted by atomic mass is 19.2. The molecule has 0 spiro atoms. The van der Waals surface area contributed by atoms with Crippen LogP contribution < -0.4 is 5.73 Å². The molecule has 16 heavy (non-hydrogen) atoms. The number of rotatable bonds is 1. The first-order valence-corrected chi connectivity index (χ1v) is 5.57. The number of hydrogen-bond acceptors (Lipinski definition) is 1. The van der Waals surface area contributed by atoms with Crippen molar-refractivity contribution in [2.75, 3.05) is 0 Å². The van der Waals surface area contributed by atoms with Crippen molar-refractivity contribution >= 4 is 0 Å². The van der Waals surface area contributed by atoms with E-state index < -0.39 is 17.2 Å². The molecular formula is C13H17F2N. The third-order valence-electron chi connectivity index (χ3n) is 3.54. The lowest BCUT2D eigenvalue weighted by Crippen LogP contribution is -2.34. The Labute approximate surface area is 94.7 Å². The van der Waals surface area contributed by atoms with E-state index >= 15 is 0 Å². The highest BCUT2D eigenvalue weighted by molar-refractivity contribution is 5.27. The van der Waals surface area contributed by atoms with Gasteiger partial charge in [0.05, 0.1) is 0 Å². The molecule has 1 fully saturated rings. The quantitative estimate of drug-likeness (QED) is 0.779. The fraction of sp³-hybridized carbons (Fsp3) is 0.538. The van der Waals surface area contributed by atoms with Gasteiger partial charge in [-0.15, -0.1) is 0 Å². The Hall–Kier alpha value is -0.960. The van der Waals surface area contributed by atoms with E-state index in [1.54, 1.807) is 6.07 Å². The van der Waals surface area contributed by atoms with Crippen molar-refractivity contribution in [3.8, 4) is 0 Å². The molecule has 88 valence electrons. The Morgan fingerprint density at radius 2 is 1.81 bits per heavy atom. The molecule has 1 aliphatic carbocycles. The highest BCUT2D eigenvalue weighted by Gasteiger charge is 2.41. The highest BCUT2D eigenvalue weighted by Crippen LogP contribution is 2.47. The van der Waals surface area contributed by atoms with Gasteiger partial charge in [-0.25, -0.2) is 8.78 Å². The van der Waals surface area contributed by atoms with Gasteiger partial charge in [0.2, 0.25) is 0 Å². The van der Waals surface area contributed by atoms with E-state index in [4.69, 9.17) is 5.73 Å². The fourth-order valence-electron chi connectivity index (χ4n) is 2.64. The van der Waals surface area contributed by atoms with Crippen molar-refractivity contribution in [3.05, 3.63) is 35.4 Å². The van der Waals surface area contributed by atoms with Crippen molar-refractivity contribution in [1.82, 2.24) is 0 Å². The summed E-state index contributed by atoms with van der Waals surface area (Å²) in [4.78, 5) is 0. The van der Waals surface area contributed by atoms with E-state index in [2.05, 4.69) is 13.8 Å². The monoisotopic (exact) mass is 225 g/mol. The Morgan fingerprint density at radius 3 is 2.31 bits per heavy atom. The topological polar surface area (TPSA) is 26.0 Å². The molecule has 1 nitrogen and oxygen atoms in total.